The van der Waals surface area contributed by atoms with E-state index in [0.29, 0.717) is 25.2 Å². The van der Waals surface area contributed by atoms with Crippen LogP contribution in [-0.4, -0.2) is 38.3 Å². The van der Waals surface area contributed by atoms with Crippen molar-refractivity contribution in [3.8, 4) is 6.07 Å². The lowest BCUT2D eigenvalue weighted by Crippen LogP contribution is -2.54. The fourth-order valence-corrected chi connectivity index (χ4v) is 8.38. The maximum atomic E-state index is 13.1. The van der Waals surface area contributed by atoms with E-state index < -0.39 is 10.0 Å². The van der Waals surface area contributed by atoms with Crippen LogP contribution in [0.2, 0.25) is 0 Å². The van der Waals surface area contributed by atoms with Crippen LogP contribution in [0.5, 0.6) is 0 Å². The lowest BCUT2D eigenvalue weighted by molar-refractivity contribution is -0.146. The molecule has 1 N–H and O–H groups in total. The van der Waals surface area contributed by atoms with Crippen molar-refractivity contribution in [1.82, 2.24) is 9.62 Å². The molecule has 4 saturated carbocycles. The number of nitrogens with zero attached hydrogens (tertiary/aromatic N) is 2. The summed E-state index contributed by atoms with van der Waals surface area (Å²) in [7, 11) is -3.56. The van der Waals surface area contributed by atoms with Crippen LogP contribution in [0.1, 0.15) is 50.5 Å². The smallest absolute Gasteiger partial charge is 0.243 e. The average Bonchev–Trinajstić information content (AvgIpc) is 3.21. The maximum Gasteiger partial charge on any atom is 0.243 e. The lowest BCUT2D eigenvalue weighted by atomic mass is 9.49. The molecule has 1 aliphatic heterocycles. The van der Waals surface area contributed by atoms with Crippen LogP contribution < -0.4 is 5.32 Å². The minimum atomic E-state index is -3.56. The Morgan fingerprint density at radius 3 is 2.27 bits per heavy atom. The van der Waals surface area contributed by atoms with Crippen LogP contribution in [0.15, 0.2) is 29.2 Å². The molecular formula is C23H29N3O3S. The number of nitrogens with one attached hydrogen (secondary N) is 1. The van der Waals surface area contributed by atoms with Gasteiger partial charge in [-0.25, -0.2) is 8.42 Å². The Labute approximate surface area is 178 Å². The zero-order chi connectivity index (χ0) is 20.9. The fraction of sp³-hybridized carbons (Fsp3) is 0.652. The van der Waals surface area contributed by atoms with Crippen molar-refractivity contribution < 1.29 is 13.2 Å². The number of benzene rings is 1. The summed E-state index contributed by atoms with van der Waals surface area (Å²) in [5.41, 5.74) is 0.294. The monoisotopic (exact) mass is 427 g/mol. The summed E-state index contributed by atoms with van der Waals surface area (Å²) in [5, 5.41) is 12.1. The molecule has 1 aromatic rings. The largest absolute Gasteiger partial charge is 0.355 e. The van der Waals surface area contributed by atoms with Crippen LogP contribution in [0.25, 0.3) is 0 Å². The Morgan fingerprint density at radius 1 is 1.10 bits per heavy atom. The minimum absolute atomic E-state index is 0.149. The molecule has 5 fully saturated rings. The van der Waals surface area contributed by atoms with Crippen LogP contribution >= 0.6 is 0 Å². The van der Waals surface area contributed by atoms with Gasteiger partial charge >= 0.3 is 0 Å². The molecule has 1 heterocycles. The highest BCUT2D eigenvalue weighted by Crippen LogP contribution is 2.60. The van der Waals surface area contributed by atoms with Crippen molar-refractivity contribution in [2.75, 3.05) is 19.6 Å². The molecule has 30 heavy (non-hydrogen) atoms. The second-order valence-electron chi connectivity index (χ2n) is 10.1. The Kier molecular flexibility index (Phi) is 4.90. The molecule has 0 spiro atoms. The standard InChI is InChI=1S/C23H29N3O3S/c24-13-16-1-3-21(4-2-16)30(28,29)26-6-5-17(15-26)14-25-22(27)23-10-18-7-19(11-23)9-20(8-18)12-23/h1-4,17-20H,5-12,14-15H2,(H,25,27). The molecule has 1 atom stereocenters. The minimum Gasteiger partial charge on any atom is -0.355 e. The topological polar surface area (TPSA) is 90.3 Å². The van der Waals surface area contributed by atoms with Gasteiger partial charge in [-0.3, -0.25) is 4.79 Å². The number of sulfonamides is 1. The lowest BCUT2D eigenvalue weighted by Gasteiger charge is -2.55. The molecule has 0 aromatic heterocycles. The molecule has 1 unspecified atom stereocenters. The van der Waals surface area contributed by atoms with Crippen molar-refractivity contribution in [3.63, 3.8) is 0 Å². The Balaban J connectivity index is 1.19. The van der Waals surface area contributed by atoms with Crippen molar-refractivity contribution in [2.24, 2.45) is 29.1 Å². The molecule has 0 radical (unpaired) electrons. The summed E-state index contributed by atoms with van der Waals surface area (Å²) >= 11 is 0. The quantitative estimate of drug-likeness (QED) is 0.782. The summed E-state index contributed by atoms with van der Waals surface area (Å²) in [6, 6.07) is 8.07. The maximum absolute atomic E-state index is 13.1. The van der Waals surface area contributed by atoms with Crippen LogP contribution in [0.3, 0.4) is 0 Å². The third kappa shape index (κ3) is 3.44. The van der Waals surface area contributed by atoms with E-state index in [-0.39, 0.29) is 22.1 Å². The van der Waals surface area contributed by atoms with Crippen molar-refractivity contribution in [1.29, 1.82) is 5.26 Å². The summed E-state index contributed by atoms with van der Waals surface area (Å²) in [6.45, 7) is 1.46. The molecule has 5 aliphatic rings. The zero-order valence-electron chi connectivity index (χ0n) is 17.2. The number of carbonyl (C=O) groups excluding carboxylic acids is 1. The summed E-state index contributed by atoms with van der Waals surface area (Å²) in [6.07, 6.45) is 7.86. The van der Waals surface area contributed by atoms with E-state index >= 15 is 0 Å². The van der Waals surface area contributed by atoms with Gasteiger partial charge in [-0.2, -0.15) is 9.57 Å². The number of amides is 1. The van der Waals surface area contributed by atoms with Gasteiger partial charge in [0.1, 0.15) is 0 Å². The van der Waals surface area contributed by atoms with E-state index in [9.17, 15) is 13.2 Å². The van der Waals surface area contributed by atoms with E-state index in [1.54, 1.807) is 0 Å². The van der Waals surface area contributed by atoms with Gasteiger partial charge < -0.3 is 5.32 Å². The molecule has 1 aromatic carbocycles. The van der Waals surface area contributed by atoms with Gasteiger partial charge in [0.25, 0.3) is 0 Å². The van der Waals surface area contributed by atoms with Gasteiger partial charge in [0.05, 0.1) is 16.5 Å². The van der Waals surface area contributed by atoms with Gasteiger partial charge in [0.15, 0.2) is 0 Å². The molecule has 160 valence electrons. The summed E-state index contributed by atoms with van der Waals surface area (Å²) in [5.74, 6) is 2.58. The van der Waals surface area contributed by atoms with E-state index in [2.05, 4.69) is 5.32 Å². The first-order valence-electron chi connectivity index (χ1n) is 11.2. The highest BCUT2D eigenvalue weighted by atomic mass is 32.2. The number of rotatable bonds is 5. The van der Waals surface area contributed by atoms with Crippen molar-refractivity contribution in [2.45, 2.75) is 49.8 Å². The fourth-order valence-electron chi connectivity index (χ4n) is 6.85. The van der Waals surface area contributed by atoms with Crippen molar-refractivity contribution >= 4 is 15.9 Å². The molecule has 1 saturated heterocycles. The van der Waals surface area contributed by atoms with Crippen LogP contribution in [0, 0.1) is 40.4 Å². The van der Waals surface area contributed by atoms with E-state index in [1.165, 1.54) is 47.8 Å². The Bertz CT molecular complexity index is 945. The van der Waals surface area contributed by atoms with E-state index in [0.717, 1.165) is 43.4 Å². The third-order valence-corrected chi connectivity index (χ3v) is 9.82. The second kappa shape index (κ2) is 7.35. The SMILES string of the molecule is N#Cc1ccc(S(=O)(=O)N2CCC(CNC(=O)C34CC5CC(CC(C5)C3)C4)C2)cc1. The highest BCUT2D eigenvalue weighted by Gasteiger charge is 2.54. The highest BCUT2D eigenvalue weighted by molar-refractivity contribution is 7.89. The number of hydrogen-bond acceptors (Lipinski definition) is 4. The summed E-state index contributed by atoms with van der Waals surface area (Å²) in [4.78, 5) is 13.4. The van der Waals surface area contributed by atoms with E-state index in [1.807, 2.05) is 6.07 Å². The Morgan fingerprint density at radius 2 is 1.70 bits per heavy atom. The van der Waals surface area contributed by atoms with Gasteiger partial charge in [-0.1, -0.05) is 0 Å². The first kappa shape index (κ1) is 20.0. The Hall–Kier alpha value is -1.91. The van der Waals surface area contributed by atoms with Crippen LogP contribution in [-0.2, 0) is 14.8 Å². The molecular weight excluding hydrogens is 398 g/mol. The normalized spacial score (nSPS) is 35.3. The first-order valence-corrected chi connectivity index (χ1v) is 12.6. The summed E-state index contributed by atoms with van der Waals surface area (Å²) < 4.78 is 27.3. The van der Waals surface area contributed by atoms with Crippen LogP contribution in [0.4, 0.5) is 0 Å². The van der Waals surface area contributed by atoms with Crippen molar-refractivity contribution in [3.05, 3.63) is 29.8 Å². The number of carbonyl (C=O) groups is 1. The predicted octanol–water partition coefficient (Wildman–Crippen LogP) is 2.90. The average molecular weight is 428 g/mol. The third-order valence-electron chi connectivity index (χ3n) is 7.94. The molecule has 1 amide bonds. The predicted molar refractivity (Wildman–Crippen MR) is 112 cm³/mol. The van der Waals surface area contributed by atoms with Gasteiger partial charge in [-0.05, 0) is 92.9 Å². The first-order chi connectivity index (χ1) is 14.4. The molecule has 6 nitrogen and oxygen atoms in total. The number of nitriles is 1. The van der Waals surface area contributed by atoms with Gasteiger partial charge in [0, 0.05) is 25.0 Å². The molecule has 4 aliphatic carbocycles. The number of hydrogen-bond donors (Lipinski definition) is 1. The second-order valence-corrected chi connectivity index (χ2v) is 12.0. The molecule has 7 heteroatoms. The van der Waals surface area contributed by atoms with Gasteiger partial charge in [0.2, 0.25) is 15.9 Å². The zero-order valence-corrected chi connectivity index (χ0v) is 18.0. The van der Waals surface area contributed by atoms with E-state index in [4.69, 9.17) is 5.26 Å². The molecule has 6 rings (SSSR count). The molecule has 4 bridgehead atoms. The van der Waals surface area contributed by atoms with Gasteiger partial charge in [-0.15, -0.1) is 0 Å².